The molecule has 1 saturated heterocycles. The number of pyridine rings is 1. The fourth-order valence-electron chi connectivity index (χ4n) is 4.10. The summed E-state index contributed by atoms with van der Waals surface area (Å²) in [5, 5.41) is 7.76. The standard InChI is InChI=1S/C21H20N4O/c26-20-21(24-18-8-4-3-7-17(18)23-20)10-13-25(14-11-21)19-9-12-22-16-6-2-1-5-15(16)19/h1-9,12,24H,10-11,13-14H2,(H,23,26). The Morgan fingerprint density at radius 3 is 2.50 bits per heavy atom. The number of piperidine rings is 1. The monoisotopic (exact) mass is 344 g/mol. The van der Waals surface area contributed by atoms with E-state index in [-0.39, 0.29) is 5.91 Å². The molecule has 5 rings (SSSR count). The number of nitrogens with zero attached hydrogens (tertiary/aromatic N) is 2. The van der Waals surface area contributed by atoms with Crippen molar-refractivity contribution in [2.24, 2.45) is 0 Å². The summed E-state index contributed by atoms with van der Waals surface area (Å²) < 4.78 is 0. The van der Waals surface area contributed by atoms with Gasteiger partial charge in [-0.1, -0.05) is 30.3 Å². The minimum absolute atomic E-state index is 0.0791. The van der Waals surface area contributed by atoms with Gasteiger partial charge in [0.2, 0.25) is 5.91 Å². The number of anilines is 3. The molecule has 1 spiro atoms. The Kier molecular flexibility index (Phi) is 3.35. The fourth-order valence-corrected chi connectivity index (χ4v) is 4.10. The van der Waals surface area contributed by atoms with Crippen LogP contribution in [0.3, 0.4) is 0 Å². The highest BCUT2D eigenvalue weighted by atomic mass is 16.2. The molecule has 1 amide bonds. The van der Waals surface area contributed by atoms with Crippen LogP contribution in [0.5, 0.6) is 0 Å². The molecule has 5 heteroatoms. The fraction of sp³-hybridized carbons (Fsp3) is 0.238. The number of carbonyl (C=O) groups excluding carboxylic acids is 1. The van der Waals surface area contributed by atoms with Gasteiger partial charge in [0.25, 0.3) is 0 Å². The number of carbonyl (C=O) groups is 1. The molecule has 2 aliphatic heterocycles. The van der Waals surface area contributed by atoms with E-state index in [4.69, 9.17) is 0 Å². The second-order valence-corrected chi connectivity index (χ2v) is 7.04. The van der Waals surface area contributed by atoms with Crippen LogP contribution in [0.1, 0.15) is 12.8 Å². The third-order valence-electron chi connectivity index (χ3n) is 5.57. The van der Waals surface area contributed by atoms with Crippen molar-refractivity contribution >= 4 is 33.9 Å². The molecule has 130 valence electrons. The number of hydrogen-bond donors (Lipinski definition) is 2. The average molecular weight is 344 g/mol. The van der Waals surface area contributed by atoms with Crippen LogP contribution >= 0.6 is 0 Å². The third kappa shape index (κ3) is 2.31. The van der Waals surface area contributed by atoms with Crippen LogP contribution in [-0.4, -0.2) is 29.5 Å². The summed E-state index contributed by atoms with van der Waals surface area (Å²) in [5.41, 5.74) is 3.56. The van der Waals surface area contributed by atoms with E-state index in [0.717, 1.165) is 48.2 Å². The summed E-state index contributed by atoms with van der Waals surface area (Å²) in [6, 6.07) is 18.2. The van der Waals surface area contributed by atoms with Gasteiger partial charge in [-0.05, 0) is 37.1 Å². The van der Waals surface area contributed by atoms with Gasteiger partial charge in [-0.3, -0.25) is 9.78 Å². The van der Waals surface area contributed by atoms with E-state index in [1.165, 1.54) is 5.69 Å². The number of amides is 1. The molecule has 3 aromatic rings. The lowest BCUT2D eigenvalue weighted by molar-refractivity contribution is -0.121. The molecule has 1 aromatic heterocycles. The second-order valence-electron chi connectivity index (χ2n) is 7.04. The van der Waals surface area contributed by atoms with Crippen LogP contribution in [0.4, 0.5) is 17.1 Å². The minimum atomic E-state index is -0.520. The van der Waals surface area contributed by atoms with Gasteiger partial charge in [0.1, 0.15) is 5.54 Å². The lowest BCUT2D eigenvalue weighted by Gasteiger charge is -2.45. The van der Waals surface area contributed by atoms with E-state index in [9.17, 15) is 4.79 Å². The van der Waals surface area contributed by atoms with Gasteiger partial charge in [0.05, 0.1) is 16.9 Å². The highest BCUT2D eigenvalue weighted by Gasteiger charge is 2.44. The number of benzene rings is 2. The molecule has 0 aliphatic carbocycles. The molecule has 0 bridgehead atoms. The van der Waals surface area contributed by atoms with Crippen molar-refractivity contribution in [1.82, 2.24) is 4.98 Å². The maximum absolute atomic E-state index is 12.8. The Morgan fingerprint density at radius 2 is 1.65 bits per heavy atom. The summed E-state index contributed by atoms with van der Waals surface area (Å²) in [5.74, 6) is 0.0791. The number of para-hydroxylation sites is 3. The topological polar surface area (TPSA) is 57.3 Å². The van der Waals surface area contributed by atoms with E-state index in [1.54, 1.807) is 0 Å². The van der Waals surface area contributed by atoms with Gasteiger partial charge in [0, 0.05) is 30.4 Å². The first-order chi connectivity index (χ1) is 12.8. The molecule has 26 heavy (non-hydrogen) atoms. The van der Waals surface area contributed by atoms with Crippen molar-refractivity contribution in [1.29, 1.82) is 0 Å². The van der Waals surface area contributed by atoms with Crippen molar-refractivity contribution in [2.45, 2.75) is 18.4 Å². The second kappa shape index (κ2) is 5.73. The van der Waals surface area contributed by atoms with E-state index in [0.29, 0.717) is 0 Å². The van der Waals surface area contributed by atoms with Gasteiger partial charge >= 0.3 is 0 Å². The number of nitrogens with one attached hydrogen (secondary N) is 2. The summed E-state index contributed by atoms with van der Waals surface area (Å²) in [7, 11) is 0. The molecule has 1 fully saturated rings. The summed E-state index contributed by atoms with van der Waals surface area (Å²) in [6.45, 7) is 1.66. The lowest BCUT2D eigenvalue weighted by Crippen LogP contribution is -2.58. The van der Waals surface area contributed by atoms with Crippen LogP contribution in [-0.2, 0) is 4.79 Å². The molecule has 2 aromatic carbocycles. The maximum atomic E-state index is 12.8. The Morgan fingerprint density at radius 1 is 0.923 bits per heavy atom. The molecule has 3 heterocycles. The molecule has 0 unspecified atom stereocenters. The first kappa shape index (κ1) is 15.2. The summed E-state index contributed by atoms with van der Waals surface area (Å²) in [4.78, 5) is 19.6. The van der Waals surface area contributed by atoms with Crippen LogP contribution in [0, 0.1) is 0 Å². The first-order valence-corrected chi connectivity index (χ1v) is 9.03. The minimum Gasteiger partial charge on any atom is -0.371 e. The van der Waals surface area contributed by atoms with Crippen molar-refractivity contribution in [3.05, 3.63) is 60.8 Å². The Bertz CT molecular complexity index is 987. The Balaban J connectivity index is 1.42. The maximum Gasteiger partial charge on any atom is 0.250 e. The highest BCUT2D eigenvalue weighted by molar-refractivity contribution is 6.06. The van der Waals surface area contributed by atoms with Gasteiger partial charge < -0.3 is 15.5 Å². The van der Waals surface area contributed by atoms with Crippen LogP contribution in [0.15, 0.2) is 60.8 Å². The van der Waals surface area contributed by atoms with Gasteiger partial charge in [0.15, 0.2) is 0 Å². The zero-order valence-corrected chi connectivity index (χ0v) is 14.4. The van der Waals surface area contributed by atoms with Crippen LogP contribution in [0.2, 0.25) is 0 Å². The summed E-state index contributed by atoms with van der Waals surface area (Å²) in [6.07, 6.45) is 3.40. The van der Waals surface area contributed by atoms with Gasteiger partial charge in [-0.2, -0.15) is 0 Å². The quantitative estimate of drug-likeness (QED) is 0.708. The number of aromatic nitrogens is 1. The predicted octanol–water partition coefficient (Wildman–Crippen LogP) is 3.64. The SMILES string of the molecule is O=C1Nc2ccccc2NC12CCN(c1ccnc3ccccc13)CC2. The Hall–Kier alpha value is -3.08. The molecular formula is C21H20N4O. The molecule has 0 atom stereocenters. The first-order valence-electron chi connectivity index (χ1n) is 9.03. The Labute approximate surface area is 152 Å². The van der Waals surface area contributed by atoms with Gasteiger partial charge in [-0.15, -0.1) is 0 Å². The molecular weight excluding hydrogens is 324 g/mol. The van der Waals surface area contributed by atoms with Gasteiger partial charge in [-0.25, -0.2) is 0 Å². The lowest BCUT2D eigenvalue weighted by atomic mass is 9.84. The zero-order valence-electron chi connectivity index (χ0n) is 14.4. The van der Waals surface area contributed by atoms with Crippen LogP contribution in [0.25, 0.3) is 10.9 Å². The highest BCUT2D eigenvalue weighted by Crippen LogP contribution is 2.38. The number of fused-ring (bicyclic) bond motifs is 2. The van der Waals surface area contributed by atoms with E-state index >= 15 is 0 Å². The smallest absolute Gasteiger partial charge is 0.250 e. The summed E-state index contributed by atoms with van der Waals surface area (Å²) >= 11 is 0. The largest absolute Gasteiger partial charge is 0.371 e. The molecule has 0 radical (unpaired) electrons. The number of rotatable bonds is 1. The predicted molar refractivity (Wildman–Crippen MR) is 105 cm³/mol. The molecule has 0 saturated carbocycles. The molecule has 2 N–H and O–H groups in total. The molecule has 2 aliphatic rings. The molecule has 5 nitrogen and oxygen atoms in total. The van der Waals surface area contributed by atoms with Crippen molar-refractivity contribution in [3.8, 4) is 0 Å². The normalized spacial score (nSPS) is 18.3. The van der Waals surface area contributed by atoms with E-state index < -0.39 is 5.54 Å². The van der Waals surface area contributed by atoms with E-state index in [2.05, 4.69) is 32.7 Å². The van der Waals surface area contributed by atoms with Crippen molar-refractivity contribution < 1.29 is 4.79 Å². The van der Waals surface area contributed by atoms with Crippen molar-refractivity contribution in [2.75, 3.05) is 28.6 Å². The number of hydrogen-bond acceptors (Lipinski definition) is 4. The average Bonchev–Trinajstić information content (AvgIpc) is 2.69. The van der Waals surface area contributed by atoms with E-state index in [1.807, 2.05) is 48.7 Å². The third-order valence-corrected chi connectivity index (χ3v) is 5.57. The zero-order chi connectivity index (χ0) is 17.6. The van der Waals surface area contributed by atoms with Crippen LogP contribution < -0.4 is 15.5 Å². The van der Waals surface area contributed by atoms with Crippen molar-refractivity contribution in [3.63, 3.8) is 0 Å².